The van der Waals surface area contributed by atoms with Crippen molar-refractivity contribution in [3.8, 4) is 0 Å². The van der Waals surface area contributed by atoms with Crippen molar-refractivity contribution in [2.75, 3.05) is 0 Å². The van der Waals surface area contributed by atoms with Crippen molar-refractivity contribution in [3.63, 3.8) is 0 Å². The molecule has 6 heteroatoms. The van der Waals surface area contributed by atoms with Gasteiger partial charge < -0.3 is 0 Å². The second-order valence-corrected chi connectivity index (χ2v) is 3.73. The molecule has 1 aromatic rings. The average Bonchev–Trinajstić information content (AvgIpc) is 2.30. The van der Waals surface area contributed by atoms with E-state index < -0.39 is 23.3 Å². The molecule has 1 fully saturated rings. The Kier molecular flexibility index (Phi) is 2.63. The van der Waals surface area contributed by atoms with Crippen molar-refractivity contribution >= 4 is 17.8 Å². The Labute approximate surface area is 97.4 Å². The zero-order chi connectivity index (χ0) is 12.5. The fourth-order valence-corrected chi connectivity index (χ4v) is 1.98. The summed E-state index contributed by atoms with van der Waals surface area (Å²) < 4.78 is 0. The Balaban J connectivity index is 2.54. The van der Waals surface area contributed by atoms with E-state index in [1.54, 1.807) is 19.1 Å². The van der Waals surface area contributed by atoms with Gasteiger partial charge in [-0.25, -0.2) is 4.79 Å². The van der Waals surface area contributed by atoms with E-state index in [1.807, 2.05) is 0 Å². The Morgan fingerprint density at radius 3 is 2.12 bits per heavy atom. The number of rotatable bonds is 2. The van der Waals surface area contributed by atoms with Crippen LogP contribution in [0.25, 0.3) is 0 Å². The van der Waals surface area contributed by atoms with Gasteiger partial charge in [0, 0.05) is 12.4 Å². The third kappa shape index (κ3) is 1.57. The lowest BCUT2D eigenvalue weighted by atomic mass is 9.76. The number of urea groups is 1. The first kappa shape index (κ1) is 11.3. The molecule has 1 aromatic heterocycles. The molecule has 0 radical (unpaired) electrons. The van der Waals surface area contributed by atoms with Gasteiger partial charge in [-0.2, -0.15) is 0 Å². The molecule has 0 spiro atoms. The summed E-state index contributed by atoms with van der Waals surface area (Å²) in [5.41, 5.74) is -0.825. The second kappa shape index (κ2) is 3.97. The number of hydrogen-bond donors (Lipinski definition) is 2. The van der Waals surface area contributed by atoms with Crippen LogP contribution in [-0.4, -0.2) is 22.8 Å². The quantitative estimate of drug-likeness (QED) is 0.709. The highest BCUT2D eigenvalue weighted by atomic mass is 16.2. The molecule has 2 N–H and O–H groups in total. The summed E-state index contributed by atoms with van der Waals surface area (Å²) in [4.78, 5) is 38.8. The van der Waals surface area contributed by atoms with Crippen LogP contribution in [0, 0.1) is 0 Å². The molecule has 6 nitrogen and oxygen atoms in total. The van der Waals surface area contributed by atoms with E-state index in [9.17, 15) is 14.4 Å². The van der Waals surface area contributed by atoms with Crippen molar-refractivity contribution in [3.05, 3.63) is 30.1 Å². The molecule has 88 valence electrons. The van der Waals surface area contributed by atoms with Crippen LogP contribution in [0.15, 0.2) is 24.5 Å². The molecule has 4 amide bonds. The van der Waals surface area contributed by atoms with Crippen LogP contribution in [0.5, 0.6) is 0 Å². The summed E-state index contributed by atoms with van der Waals surface area (Å²) in [5, 5.41) is 4.24. The number of imide groups is 2. The summed E-state index contributed by atoms with van der Waals surface area (Å²) >= 11 is 0. The minimum absolute atomic E-state index is 0.266. The first-order valence-corrected chi connectivity index (χ1v) is 5.18. The molecule has 0 aliphatic carbocycles. The Morgan fingerprint density at radius 1 is 1.12 bits per heavy atom. The van der Waals surface area contributed by atoms with Crippen LogP contribution >= 0.6 is 0 Å². The Hall–Kier alpha value is -2.24. The van der Waals surface area contributed by atoms with Gasteiger partial charge in [-0.05, 0) is 24.1 Å². The molecule has 0 atom stereocenters. The van der Waals surface area contributed by atoms with E-state index in [1.165, 1.54) is 12.4 Å². The summed E-state index contributed by atoms with van der Waals surface area (Å²) in [5.74, 6) is -1.19. The maximum Gasteiger partial charge on any atom is 0.328 e. The molecule has 0 unspecified atom stereocenters. The van der Waals surface area contributed by atoms with Gasteiger partial charge in [0.05, 0.1) is 0 Å². The maximum atomic E-state index is 12.0. The maximum absolute atomic E-state index is 12.0. The largest absolute Gasteiger partial charge is 0.328 e. The minimum atomic E-state index is -1.35. The van der Waals surface area contributed by atoms with E-state index in [0.717, 1.165) is 0 Å². The molecule has 2 rings (SSSR count). The number of carbonyl (C=O) groups excluding carboxylic acids is 3. The number of hydrogen-bond acceptors (Lipinski definition) is 4. The number of barbiturate groups is 1. The van der Waals surface area contributed by atoms with Crippen LogP contribution in [-0.2, 0) is 15.0 Å². The van der Waals surface area contributed by atoms with Gasteiger partial charge in [0.2, 0.25) is 11.8 Å². The van der Waals surface area contributed by atoms with Gasteiger partial charge in [-0.3, -0.25) is 25.2 Å². The van der Waals surface area contributed by atoms with Gasteiger partial charge in [0.25, 0.3) is 0 Å². The SMILES string of the molecule is CCC1(c2ccncc2)C(=O)NC(=O)NC1=O. The number of nitrogens with zero attached hydrogens (tertiary/aromatic N) is 1. The number of aromatic nitrogens is 1. The van der Waals surface area contributed by atoms with E-state index in [0.29, 0.717) is 5.56 Å². The molecule has 1 aliphatic rings. The van der Waals surface area contributed by atoms with Gasteiger partial charge in [0.1, 0.15) is 0 Å². The van der Waals surface area contributed by atoms with Crippen LogP contribution in [0.1, 0.15) is 18.9 Å². The third-order valence-electron chi connectivity index (χ3n) is 2.93. The van der Waals surface area contributed by atoms with Crippen molar-refractivity contribution < 1.29 is 14.4 Å². The van der Waals surface area contributed by atoms with Gasteiger partial charge >= 0.3 is 6.03 Å². The lowest BCUT2D eigenvalue weighted by Crippen LogP contribution is -2.64. The molecule has 0 bridgehead atoms. The fraction of sp³-hybridized carbons (Fsp3) is 0.273. The van der Waals surface area contributed by atoms with E-state index in [-0.39, 0.29) is 6.42 Å². The summed E-state index contributed by atoms with van der Waals surface area (Å²) in [7, 11) is 0. The predicted octanol–water partition coefficient (Wildman–Crippen LogP) is 0.0954. The zero-order valence-corrected chi connectivity index (χ0v) is 9.19. The third-order valence-corrected chi connectivity index (χ3v) is 2.93. The zero-order valence-electron chi connectivity index (χ0n) is 9.19. The number of pyridine rings is 1. The monoisotopic (exact) mass is 233 g/mol. The number of amides is 4. The second-order valence-electron chi connectivity index (χ2n) is 3.73. The van der Waals surface area contributed by atoms with Crippen molar-refractivity contribution in [1.29, 1.82) is 0 Å². The van der Waals surface area contributed by atoms with Crippen LogP contribution in [0.2, 0.25) is 0 Å². The van der Waals surface area contributed by atoms with Gasteiger partial charge in [-0.1, -0.05) is 6.92 Å². The molecule has 1 saturated heterocycles. The molecule has 17 heavy (non-hydrogen) atoms. The highest BCUT2D eigenvalue weighted by molar-refractivity contribution is 6.22. The molecule has 0 saturated carbocycles. The fourth-order valence-electron chi connectivity index (χ4n) is 1.98. The van der Waals surface area contributed by atoms with E-state index in [4.69, 9.17) is 0 Å². The van der Waals surface area contributed by atoms with E-state index in [2.05, 4.69) is 15.6 Å². The van der Waals surface area contributed by atoms with Crippen molar-refractivity contribution in [1.82, 2.24) is 15.6 Å². The molecular formula is C11H11N3O3. The summed E-state index contributed by atoms with van der Waals surface area (Å²) in [6.07, 6.45) is 3.27. The average molecular weight is 233 g/mol. The van der Waals surface area contributed by atoms with Crippen molar-refractivity contribution in [2.24, 2.45) is 0 Å². The Bertz CT molecular complexity index is 464. The number of nitrogens with one attached hydrogen (secondary N) is 2. The first-order chi connectivity index (χ1) is 8.11. The molecular weight excluding hydrogens is 222 g/mol. The van der Waals surface area contributed by atoms with Crippen LogP contribution < -0.4 is 10.6 Å². The van der Waals surface area contributed by atoms with Crippen molar-refractivity contribution in [2.45, 2.75) is 18.8 Å². The topological polar surface area (TPSA) is 88.2 Å². The van der Waals surface area contributed by atoms with Gasteiger partial charge in [0.15, 0.2) is 5.41 Å². The lowest BCUT2D eigenvalue weighted by Gasteiger charge is -2.33. The minimum Gasteiger partial charge on any atom is -0.277 e. The first-order valence-electron chi connectivity index (χ1n) is 5.18. The van der Waals surface area contributed by atoms with Crippen LogP contribution in [0.4, 0.5) is 4.79 Å². The van der Waals surface area contributed by atoms with E-state index >= 15 is 0 Å². The smallest absolute Gasteiger partial charge is 0.277 e. The van der Waals surface area contributed by atoms with Crippen LogP contribution in [0.3, 0.4) is 0 Å². The lowest BCUT2D eigenvalue weighted by molar-refractivity contribution is -0.138. The highest BCUT2D eigenvalue weighted by Crippen LogP contribution is 2.29. The van der Waals surface area contributed by atoms with Gasteiger partial charge in [-0.15, -0.1) is 0 Å². The number of carbonyl (C=O) groups is 3. The molecule has 0 aromatic carbocycles. The highest BCUT2D eigenvalue weighted by Gasteiger charge is 2.50. The standard InChI is InChI=1S/C11H11N3O3/c1-2-11(7-3-5-12-6-4-7)8(15)13-10(17)14-9(11)16/h3-6H,2H2,1H3,(H2,13,14,15,16,17). The Morgan fingerprint density at radius 2 is 1.65 bits per heavy atom. The normalized spacial score (nSPS) is 18.5. The molecule has 1 aliphatic heterocycles. The molecule has 2 heterocycles. The summed E-state index contributed by atoms with van der Waals surface area (Å²) in [6, 6.07) is 2.41. The summed E-state index contributed by atoms with van der Waals surface area (Å²) in [6.45, 7) is 1.72. The predicted molar refractivity (Wildman–Crippen MR) is 57.9 cm³/mol.